The molecular weight excluding hydrogens is 312 g/mol. The van der Waals surface area contributed by atoms with Gasteiger partial charge in [-0.05, 0) is 54.2 Å². The quantitative estimate of drug-likeness (QED) is 0.627. The summed E-state index contributed by atoms with van der Waals surface area (Å²) >= 11 is 0. The molecule has 1 aliphatic heterocycles. The Kier molecular flexibility index (Phi) is 5.88. The zero-order valence-corrected chi connectivity index (χ0v) is 15.0. The van der Waals surface area contributed by atoms with Gasteiger partial charge in [0.15, 0.2) is 5.96 Å². The van der Waals surface area contributed by atoms with Crippen molar-refractivity contribution in [1.82, 2.24) is 15.6 Å². The first-order valence-corrected chi connectivity index (χ1v) is 8.85. The Balaban J connectivity index is 1.41. The molecule has 2 heterocycles. The molecule has 2 aromatic rings. The van der Waals surface area contributed by atoms with Gasteiger partial charge >= 0.3 is 0 Å². The van der Waals surface area contributed by atoms with E-state index in [0.717, 1.165) is 50.7 Å². The van der Waals surface area contributed by atoms with Gasteiger partial charge in [0.25, 0.3) is 0 Å². The molecule has 0 spiro atoms. The molecule has 2 N–H and O–H groups in total. The van der Waals surface area contributed by atoms with Crippen molar-refractivity contribution in [2.45, 2.75) is 26.2 Å². The lowest BCUT2D eigenvalue weighted by atomic mass is 10.1. The predicted molar refractivity (Wildman–Crippen MR) is 101 cm³/mol. The maximum atomic E-state index is 5.55. The van der Waals surface area contributed by atoms with Crippen LogP contribution in [0, 0.1) is 6.92 Å². The van der Waals surface area contributed by atoms with Gasteiger partial charge in [0.1, 0.15) is 5.75 Å². The van der Waals surface area contributed by atoms with Crippen LogP contribution in [0.5, 0.6) is 5.75 Å². The number of fused-ring (bicyclic) bond motifs is 1. The molecular formula is C20H26N4O. The fraction of sp³-hybridized carbons (Fsp3) is 0.400. The standard InChI is InChI=1S/C20H26N4O/c1-15-14-22-9-6-17(15)7-11-24-20(21-2)23-10-5-16-3-4-19-18(13-16)8-12-25-19/h3-4,6,9,13-14H,5,7-8,10-12H2,1-2H3,(H2,21,23,24). The van der Waals surface area contributed by atoms with Crippen LogP contribution in [0.3, 0.4) is 0 Å². The number of ether oxygens (including phenoxy) is 1. The van der Waals surface area contributed by atoms with Crippen molar-refractivity contribution in [3.05, 3.63) is 58.9 Å². The topological polar surface area (TPSA) is 58.5 Å². The van der Waals surface area contributed by atoms with E-state index in [1.54, 1.807) is 7.05 Å². The van der Waals surface area contributed by atoms with Gasteiger partial charge in [-0.2, -0.15) is 0 Å². The fourth-order valence-electron chi connectivity index (χ4n) is 3.04. The van der Waals surface area contributed by atoms with E-state index >= 15 is 0 Å². The number of aliphatic imine (C=N–C) groups is 1. The van der Waals surface area contributed by atoms with Gasteiger partial charge in [0.05, 0.1) is 6.61 Å². The fourth-order valence-corrected chi connectivity index (χ4v) is 3.04. The molecule has 1 aromatic heterocycles. The lowest BCUT2D eigenvalue weighted by Gasteiger charge is -2.13. The highest BCUT2D eigenvalue weighted by molar-refractivity contribution is 5.79. The second kappa shape index (κ2) is 8.51. The lowest BCUT2D eigenvalue weighted by molar-refractivity contribution is 0.357. The predicted octanol–water partition coefficient (Wildman–Crippen LogP) is 2.28. The summed E-state index contributed by atoms with van der Waals surface area (Å²) in [6.07, 6.45) is 6.70. The molecule has 5 nitrogen and oxygen atoms in total. The van der Waals surface area contributed by atoms with Crippen LogP contribution >= 0.6 is 0 Å². The van der Waals surface area contributed by atoms with Gasteiger partial charge < -0.3 is 15.4 Å². The van der Waals surface area contributed by atoms with E-state index in [9.17, 15) is 0 Å². The summed E-state index contributed by atoms with van der Waals surface area (Å²) in [4.78, 5) is 8.42. The molecule has 132 valence electrons. The van der Waals surface area contributed by atoms with Crippen LogP contribution in [-0.2, 0) is 19.3 Å². The molecule has 0 aliphatic carbocycles. The third-order valence-electron chi connectivity index (χ3n) is 4.51. The Bertz CT molecular complexity index is 742. The normalized spacial score (nSPS) is 13.3. The van der Waals surface area contributed by atoms with E-state index < -0.39 is 0 Å². The van der Waals surface area contributed by atoms with Crippen molar-refractivity contribution in [3.8, 4) is 5.75 Å². The van der Waals surface area contributed by atoms with Crippen LogP contribution in [-0.4, -0.2) is 37.7 Å². The molecule has 0 radical (unpaired) electrons. The second-order valence-electron chi connectivity index (χ2n) is 6.27. The van der Waals surface area contributed by atoms with Crippen molar-refractivity contribution < 1.29 is 4.74 Å². The third-order valence-corrected chi connectivity index (χ3v) is 4.51. The smallest absolute Gasteiger partial charge is 0.190 e. The van der Waals surface area contributed by atoms with E-state index in [1.165, 1.54) is 22.3 Å². The molecule has 0 amide bonds. The Labute approximate surface area is 149 Å². The number of rotatable bonds is 6. The number of nitrogens with zero attached hydrogens (tertiary/aromatic N) is 2. The Morgan fingerprint density at radius 2 is 2.04 bits per heavy atom. The summed E-state index contributed by atoms with van der Waals surface area (Å²) in [6.45, 7) is 4.61. The van der Waals surface area contributed by atoms with E-state index in [-0.39, 0.29) is 0 Å². The van der Waals surface area contributed by atoms with Gasteiger partial charge in [0, 0.05) is 39.0 Å². The van der Waals surface area contributed by atoms with Crippen molar-refractivity contribution in [3.63, 3.8) is 0 Å². The van der Waals surface area contributed by atoms with Crippen LogP contribution in [0.2, 0.25) is 0 Å². The summed E-state index contributed by atoms with van der Waals surface area (Å²) in [6, 6.07) is 8.56. The molecule has 0 fully saturated rings. The SMILES string of the molecule is CN=C(NCCc1ccc2c(c1)CCO2)NCCc1ccncc1C. The Hall–Kier alpha value is -2.56. The van der Waals surface area contributed by atoms with Crippen LogP contribution in [0.25, 0.3) is 0 Å². The maximum Gasteiger partial charge on any atom is 0.190 e. The first-order chi connectivity index (χ1) is 12.3. The molecule has 0 saturated carbocycles. The molecule has 0 atom stereocenters. The molecule has 0 saturated heterocycles. The minimum absolute atomic E-state index is 0.810. The molecule has 0 bridgehead atoms. The van der Waals surface area contributed by atoms with E-state index in [0.29, 0.717) is 0 Å². The summed E-state index contributed by atoms with van der Waals surface area (Å²) in [5.74, 6) is 1.89. The van der Waals surface area contributed by atoms with Crippen LogP contribution in [0.15, 0.2) is 41.7 Å². The van der Waals surface area contributed by atoms with Crippen molar-refractivity contribution in [2.24, 2.45) is 4.99 Å². The number of aryl methyl sites for hydroxylation is 1. The average Bonchev–Trinajstić information content (AvgIpc) is 3.09. The minimum atomic E-state index is 0.810. The van der Waals surface area contributed by atoms with Crippen molar-refractivity contribution in [1.29, 1.82) is 0 Å². The first kappa shape index (κ1) is 17.3. The number of guanidine groups is 1. The summed E-state index contributed by atoms with van der Waals surface area (Å²) in [7, 11) is 1.81. The number of pyridine rings is 1. The maximum absolute atomic E-state index is 5.55. The summed E-state index contributed by atoms with van der Waals surface area (Å²) < 4.78 is 5.55. The summed E-state index contributed by atoms with van der Waals surface area (Å²) in [5, 5.41) is 6.75. The molecule has 3 rings (SSSR count). The molecule has 25 heavy (non-hydrogen) atoms. The minimum Gasteiger partial charge on any atom is -0.493 e. The number of nitrogens with one attached hydrogen (secondary N) is 2. The van der Waals surface area contributed by atoms with Crippen LogP contribution in [0.4, 0.5) is 0 Å². The van der Waals surface area contributed by atoms with E-state index in [1.807, 2.05) is 12.4 Å². The highest BCUT2D eigenvalue weighted by Crippen LogP contribution is 2.25. The van der Waals surface area contributed by atoms with Gasteiger partial charge in [-0.1, -0.05) is 12.1 Å². The monoisotopic (exact) mass is 338 g/mol. The zero-order chi connectivity index (χ0) is 17.5. The lowest BCUT2D eigenvalue weighted by Crippen LogP contribution is -2.39. The zero-order valence-electron chi connectivity index (χ0n) is 15.0. The average molecular weight is 338 g/mol. The van der Waals surface area contributed by atoms with Crippen LogP contribution < -0.4 is 15.4 Å². The summed E-state index contributed by atoms with van der Waals surface area (Å²) in [5.41, 5.74) is 5.21. The molecule has 1 aliphatic rings. The van der Waals surface area contributed by atoms with Crippen molar-refractivity contribution in [2.75, 3.05) is 26.7 Å². The third kappa shape index (κ3) is 4.72. The van der Waals surface area contributed by atoms with Gasteiger partial charge in [-0.25, -0.2) is 0 Å². The molecule has 0 unspecified atom stereocenters. The highest BCUT2D eigenvalue weighted by atomic mass is 16.5. The van der Waals surface area contributed by atoms with E-state index in [4.69, 9.17) is 4.74 Å². The Morgan fingerprint density at radius 3 is 2.84 bits per heavy atom. The highest BCUT2D eigenvalue weighted by Gasteiger charge is 2.11. The molecule has 5 heteroatoms. The first-order valence-electron chi connectivity index (χ1n) is 8.85. The number of hydrogen-bond donors (Lipinski definition) is 2. The van der Waals surface area contributed by atoms with Gasteiger partial charge in [0.2, 0.25) is 0 Å². The largest absolute Gasteiger partial charge is 0.493 e. The van der Waals surface area contributed by atoms with Crippen molar-refractivity contribution >= 4 is 5.96 Å². The van der Waals surface area contributed by atoms with Gasteiger partial charge in [-0.15, -0.1) is 0 Å². The number of aromatic nitrogens is 1. The van der Waals surface area contributed by atoms with E-state index in [2.05, 4.69) is 51.8 Å². The number of hydrogen-bond acceptors (Lipinski definition) is 3. The number of benzene rings is 1. The Morgan fingerprint density at radius 1 is 1.20 bits per heavy atom. The second-order valence-corrected chi connectivity index (χ2v) is 6.27. The van der Waals surface area contributed by atoms with Crippen LogP contribution in [0.1, 0.15) is 22.3 Å². The molecule has 1 aromatic carbocycles. The van der Waals surface area contributed by atoms with Gasteiger partial charge in [-0.3, -0.25) is 9.98 Å².